The molecular formula is C13H20BrN3O. The fraction of sp³-hybridized carbons (Fsp3) is 0.692. The van der Waals surface area contributed by atoms with Gasteiger partial charge in [0.15, 0.2) is 5.82 Å². The smallest absolute Gasteiger partial charge is 0.293 e. The van der Waals surface area contributed by atoms with E-state index in [0.29, 0.717) is 11.9 Å². The third kappa shape index (κ3) is 2.60. The molecule has 2 heterocycles. The Balaban J connectivity index is 2.33. The molecule has 0 spiro atoms. The molecule has 1 aliphatic heterocycles. The first-order valence-electron chi connectivity index (χ1n) is 6.55. The monoisotopic (exact) mass is 313 g/mol. The maximum Gasteiger partial charge on any atom is 0.293 e. The third-order valence-electron chi connectivity index (χ3n) is 3.50. The SMILES string of the molecule is CC(C)n1ccnc(N2CCCC2CCBr)c1=O. The van der Waals surface area contributed by atoms with E-state index in [0.717, 1.165) is 31.1 Å². The van der Waals surface area contributed by atoms with Gasteiger partial charge in [-0.15, -0.1) is 0 Å². The lowest BCUT2D eigenvalue weighted by Gasteiger charge is -2.25. The molecule has 1 aromatic heterocycles. The molecule has 4 nitrogen and oxygen atoms in total. The summed E-state index contributed by atoms with van der Waals surface area (Å²) in [7, 11) is 0. The fourth-order valence-corrected chi connectivity index (χ4v) is 3.09. The van der Waals surface area contributed by atoms with Gasteiger partial charge in [-0.25, -0.2) is 4.98 Å². The van der Waals surface area contributed by atoms with Crippen LogP contribution in [0.3, 0.4) is 0 Å². The Morgan fingerprint density at radius 1 is 1.56 bits per heavy atom. The van der Waals surface area contributed by atoms with E-state index < -0.39 is 0 Å². The molecule has 1 atom stereocenters. The second kappa shape index (κ2) is 5.87. The van der Waals surface area contributed by atoms with E-state index in [9.17, 15) is 4.79 Å². The van der Waals surface area contributed by atoms with Gasteiger partial charge in [0.25, 0.3) is 5.56 Å². The summed E-state index contributed by atoms with van der Waals surface area (Å²) >= 11 is 3.49. The molecule has 100 valence electrons. The summed E-state index contributed by atoms with van der Waals surface area (Å²) in [5.41, 5.74) is 0.0361. The molecule has 1 aliphatic rings. The first kappa shape index (κ1) is 13.6. The summed E-state index contributed by atoms with van der Waals surface area (Å²) in [6, 6.07) is 0.629. The van der Waals surface area contributed by atoms with Crippen molar-refractivity contribution in [2.24, 2.45) is 0 Å². The van der Waals surface area contributed by atoms with Crippen LogP contribution in [-0.4, -0.2) is 27.5 Å². The Kier molecular flexibility index (Phi) is 4.43. The Morgan fingerprint density at radius 3 is 3.00 bits per heavy atom. The quantitative estimate of drug-likeness (QED) is 0.802. The standard InChI is InChI=1S/C13H20BrN3O/c1-10(2)16-9-7-15-12(13(16)18)17-8-3-4-11(17)5-6-14/h7,9-11H,3-6,8H2,1-2H3. The van der Waals surface area contributed by atoms with Gasteiger partial charge in [-0.1, -0.05) is 15.9 Å². The van der Waals surface area contributed by atoms with Crippen LogP contribution in [0.15, 0.2) is 17.2 Å². The van der Waals surface area contributed by atoms with E-state index in [4.69, 9.17) is 0 Å². The summed E-state index contributed by atoms with van der Waals surface area (Å²) < 4.78 is 1.76. The van der Waals surface area contributed by atoms with Crippen molar-refractivity contribution in [1.29, 1.82) is 0 Å². The maximum absolute atomic E-state index is 12.4. The highest BCUT2D eigenvalue weighted by Gasteiger charge is 2.27. The zero-order valence-corrected chi connectivity index (χ0v) is 12.6. The van der Waals surface area contributed by atoms with Crippen LogP contribution in [0, 0.1) is 0 Å². The molecule has 2 rings (SSSR count). The van der Waals surface area contributed by atoms with Gasteiger partial charge in [-0.3, -0.25) is 4.79 Å². The first-order valence-corrected chi connectivity index (χ1v) is 7.67. The van der Waals surface area contributed by atoms with Crippen molar-refractivity contribution in [1.82, 2.24) is 9.55 Å². The zero-order valence-electron chi connectivity index (χ0n) is 11.0. The normalized spacial score (nSPS) is 19.8. The number of nitrogens with zero attached hydrogens (tertiary/aromatic N) is 3. The Labute approximate surface area is 116 Å². The van der Waals surface area contributed by atoms with Crippen LogP contribution in [0.25, 0.3) is 0 Å². The van der Waals surface area contributed by atoms with Crippen molar-refractivity contribution in [3.8, 4) is 0 Å². The summed E-state index contributed by atoms with van der Waals surface area (Å²) in [4.78, 5) is 18.9. The Morgan fingerprint density at radius 2 is 2.33 bits per heavy atom. The minimum Gasteiger partial charge on any atom is -0.349 e. The molecule has 0 radical (unpaired) electrons. The highest BCUT2D eigenvalue weighted by Crippen LogP contribution is 2.24. The average Bonchev–Trinajstić information content (AvgIpc) is 2.77. The number of halogens is 1. The summed E-state index contributed by atoms with van der Waals surface area (Å²) in [6.07, 6.45) is 6.88. The van der Waals surface area contributed by atoms with Crippen LogP contribution >= 0.6 is 15.9 Å². The lowest BCUT2D eigenvalue weighted by Crippen LogP contribution is -2.37. The van der Waals surface area contributed by atoms with Crippen molar-refractivity contribution in [2.45, 2.75) is 45.2 Å². The fourth-order valence-electron chi connectivity index (χ4n) is 2.56. The van der Waals surface area contributed by atoms with E-state index >= 15 is 0 Å². The highest BCUT2D eigenvalue weighted by molar-refractivity contribution is 9.09. The largest absolute Gasteiger partial charge is 0.349 e. The molecule has 1 unspecified atom stereocenters. The van der Waals surface area contributed by atoms with Crippen LogP contribution in [0.5, 0.6) is 0 Å². The summed E-state index contributed by atoms with van der Waals surface area (Å²) in [5.74, 6) is 0.620. The lowest BCUT2D eigenvalue weighted by molar-refractivity contribution is 0.566. The minimum absolute atomic E-state index is 0.0361. The van der Waals surface area contributed by atoms with Gasteiger partial charge in [-0.05, 0) is 33.1 Å². The van der Waals surface area contributed by atoms with Crippen molar-refractivity contribution in [2.75, 3.05) is 16.8 Å². The highest BCUT2D eigenvalue weighted by atomic mass is 79.9. The predicted molar refractivity (Wildman–Crippen MR) is 77.7 cm³/mol. The van der Waals surface area contributed by atoms with E-state index in [-0.39, 0.29) is 11.6 Å². The topological polar surface area (TPSA) is 38.1 Å². The van der Waals surface area contributed by atoms with Crippen LogP contribution in [0.1, 0.15) is 39.2 Å². The molecule has 0 N–H and O–H groups in total. The van der Waals surface area contributed by atoms with E-state index in [1.807, 2.05) is 13.8 Å². The number of aromatic nitrogens is 2. The minimum atomic E-state index is 0.0361. The van der Waals surface area contributed by atoms with Gasteiger partial charge >= 0.3 is 0 Å². The molecule has 0 aliphatic carbocycles. The van der Waals surface area contributed by atoms with Gasteiger partial charge in [0, 0.05) is 36.4 Å². The van der Waals surface area contributed by atoms with Crippen molar-refractivity contribution in [3.05, 3.63) is 22.7 Å². The zero-order chi connectivity index (χ0) is 13.1. The molecule has 0 amide bonds. The van der Waals surface area contributed by atoms with Gasteiger partial charge in [-0.2, -0.15) is 0 Å². The number of hydrogen-bond acceptors (Lipinski definition) is 3. The average molecular weight is 314 g/mol. The molecule has 18 heavy (non-hydrogen) atoms. The third-order valence-corrected chi connectivity index (χ3v) is 3.96. The van der Waals surface area contributed by atoms with Gasteiger partial charge < -0.3 is 9.47 Å². The molecule has 1 fully saturated rings. The van der Waals surface area contributed by atoms with Crippen molar-refractivity contribution >= 4 is 21.7 Å². The van der Waals surface area contributed by atoms with E-state index in [1.165, 1.54) is 0 Å². The van der Waals surface area contributed by atoms with Gasteiger partial charge in [0.05, 0.1) is 0 Å². The molecule has 0 saturated carbocycles. The van der Waals surface area contributed by atoms with E-state index in [1.54, 1.807) is 17.0 Å². The van der Waals surface area contributed by atoms with Crippen LogP contribution in [0.4, 0.5) is 5.82 Å². The molecule has 1 saturated heterocycles. The lowest BCUT2D eigenvalue weighted by atomic mass is 10.2. The first-order chi connectivity index (χ1) is 8.65. The predicted octanol–water partition coefficient (Wildman–Crippen LogP) is 2.58. The van der Waals surface area contributed by atoms with Crippen molar-refractivity contribution in [3.63, 3.8) is 0 Å². The molecule has 0 bridgehead atoms. The maximum atomic E-state index is 12.4. The Hall–Kier alpha value is -0.840. The molecule has 1 aromatic rings. The number of anilines is 1. The van der Waals surface area contributed by atoms with Gasteiger partial charge in [0.1, 0.15) is 0 Å². The molecule has 0 aromatic carbocycles. The summed E-state index contributed by atoms with van der Waals surface area (Å²) in [5, 5.41) is 0.972. The molecule has 5 heteroatoms. The summed E-state index contributed by atoms with van der Waals surface area (Å²) in [6.45, 7) is 4.98. The van der Waals surface area contributed by atoms with Crippen LogP contribution in [-0.2, 0) is 0 Å². The number of alkyl halides is 1. The number of hydrogen-bond donors (Lipinski definition) is 0. The van der Waals surface area contributed by atoms with E-state index in [2.05, 4.69) is 25.8 Å². The molecular weight excluding hydrogens is 294 g/mol. The second-order valence-corrected chi connectivity index (χ2v) is 5.82. The van der Waals surface area contributed by atoms with Crippen LogP contribution in [0.2, 0.25) is 0 Å². The number of rotatable bonds is 4. The van der Waals surface area contributed by atoms with Gasteiger partial charge in [0.2, 0.25) is 0 Å². The van der Waals surface area contributed by atoms with Crippen molar-refractivity contribution < 1.29 is 0 Å². The van der Waals surface area contributed by atoms with Crippen LogP contribution < -0.4 is 10.5 Å². The second-order valence-electron chi connectivity index (χ2n) is 5.02. The Bertz CT molecular complexity index is 458.